The van der Waals surface area contributed by atoms with E-state index in [2.05, 4.69) is 9.97 Å². The van der Waals surface area contributed by atoms with Gasteiger partial charge in [0.1, 0.15) is 5.75 Å². The summed E-state index contributed by atoms with van der Waals surface area (Å²) in [6, 6.07) is 12.2. The van der Waals surface area contributed by atoms with Gasteiger partial charge in [0.15, 0.2) is 5.76 Å². The van der Waals surface area contributed by atoms with Gasteiger partial charge in [-0.3, -0.25) is 14.6 Å². The number of benzene rings is 1. The van der Waals surface area contributed by atoms with Gasteiger partial charge in [-0.15, -0.1) is 0 Å². The van der Waals surface area contributed by atoms with Crippen molar-refractivity contribution in [2.24, 2.45) is 0 Å². The van der Waals surface area contributed by atoms with Crippen molar-refractivity contribution < 1.29 is 13.9 Å². The number of hydrogen-bond donors (Lipinski definition) is 1. The fourth-order valence-corrected chi connectivity index (χ4v) is 3.27. The number of piperazine rings is 1. The van der Waals surface area contributed by atoms with Crippen molar-refractivity contribution in [2.75, 3.05) is 38.2 Å². The smallest absolute Gasteiger partial charge is 0.289 e. The Balaban J connectivity index is 1.54. The van der Waals surface area contributed by atoms with Crippen LogP contribution in [-0.4, -0.2) is 54.1 Å². The molecule has 1 N–H and O–H groups in total. The number of methoxy groups -OCH3 is 1. The zero-order valence-electron chi connectivity index (χ0n) is 15.4. The molecule has 0 unspecified atom stereocenters. The van der Waals surface area contributed by atoms with Crippen LogP contribution in [0.1, 0.15) is 10.6 Å². The molecule has 4 rings (SSSR count). The lowest BCUT2D eigenvalue weighted by Crippen LogP contribution is -2.49. The first-order valence-corrected chi connectivity index (χ1v) is 8.98. The van der Waals surface area contributed by atoms with Gasteiger partial charge in [-0.1, -0.05) is 12.1 Å². The van der Waals surface area contributed by atoms with Crippen LogP contribution in [0.25, 0.3) is 11.3 Å². The maximum Gasteiger partial charge on any atom is 0.289 e. The first-order valence-electron chi connectivity index (χ1n) is 8.98. The predicted molar refractivity (Wildman–Crippen MR) is 104 cm³/mol. The van der Waals surface area contributed by atoms with Crippen LogP contribution in [0.4, 0.5) is 5.95 Å². The molecule has 0 radical (unpaired) electrons. The number of carbonyl (C=O) groups excluding carboxylic acids is 1. The van der Waals surface area contributed by atoms with Gasteiger partial charge in [0.2, 0.25) is 5.95 Å². The Bertz CT molecular complexity index is 1020. The highest BCUT2D eigenvalue weighted by Crippen LogP contribution is 2.28. The Labute approximate surface area is 161 Å². The van der Waals surface area contributed by atoms with Gasteiger partial charge in [0, 0.05) is 37.8 Å². The van der Waals surface area contributed by atoms with Gasteiger partial charge >= 0.3 is 0 Å². The molecule has 1 saturated heterocycles. The summed E-state index contributed by atoms with van der Waals surface area (Å²) < 4.78 is 10.6. The minimum Gasteiger partial charge on any atom is -0.496 e. The van der Waals surface area contributed by atoms with E-state index in [1.807, 2.05) is 29.2 Å². The highest BCUT2D eigenvalue weighted by atomic mass is 16.5. The minimum atomic E-state index is -0.236. The van der Waals surface area contributed by atoms with Crippen molar-refractivity contribution in [3.05, 3.63) is 64.8 Å². The fourth-order valence-electron chi connectivity index (χ4n) is 3.27. The van der Waals surface area contributed by atoms with Crippen molar-refractivity contribution in [3.8, 4) is 17.0 Å². The minimum absolute atomic E-state index is 0.131. The standard InChI is InChI=1S/C20H20N4O4/c1-27-16-6-3-2-5-14(16)15-13-18(25)22-20(21-15)24-10-8-23(9-11-24)19(26)17-7-4-12-28-17/h2-7,12-13H,8-11H2,1H3,(H,21,22,25). The zero-order valence-corrected chi connectivity index (χ0v) is 15.4. The van der Waals surface area contributed by atoms with Crippen LogP contribution < -0.4 is 15.2 Å². The molecule has 1 aliphatic rings. The van der Waals surface area contributed by atoms with Gasteiger partial charge in [-0.25, -0.2) is 4.98 Å². The van der Waals surface area contributed by atoms with Crippen LogP contribution in [0.3, 0.4) is 0 Å². The molecule has 1 amide bonds. The quantitative estimate of drug-likeness (QED) is 0.744. The Hall–Kier alpha value is -3.55. The molecule has 8 nitrogen and oxygen atoms in total. The number of anilines is 1. The van der Waals surface area contributed by atoms with E-state index in [-0.39, 0.29) is 11.5 Å². The van der Waals surface area contributed by atoms with Gasteiger partial charge in [0.05, 0.1) is 19.1 Å². The van der Waals surface area contributed by atoms with Gasteiger partial charge in [0.25, 0.3) is 11.5 Å². The Morgan fingerprint density at radius 1 is 1.14 bits per heavy atom. The zero-order chi connectivity index (χ0) is 19.5. The summed E-state index contributed by atoms with van der Waals surface area (Å²) in [6.45, 7) is 2.15. The van der Waals surface area contributed by atoms with Gasteiger partial charge in [-0.2, -0.15) is 0 Å². The number of para-hydroxylation sites is 1. The second-order valence-corrected chi connectivity index (χ2v) is 6.41. The summed E-state index contributed by atoms with van der Waals surface area (Å²) in [6.07, 6.45) is 1.49. The van der Waals surface area contributed by atoms with Crippen molar-refractivity contribution in [1.29, 1.82) is 0 Å². The number of aromatic nitrogens is 2. The van der Waals surface area contributed by atoms with Crippen LogP contribution in [0.2, 0.25) is 0 Å². The molecule has 2 aromatic heterocycles. The molecule has 0 atom stereocenters. The first kappa shape index (κ1) is 17.8. The fraction of sp³-hybridized carbons (Fsp3) is 0.250. The van der Waals surface area contributed by atoms with E-state index < -0.39 is 0 Å². The molecule has 0 bridgehead atoms. The third-order valence-electron chi connectivity index (χ3n) is 4.71. The average molecular weight is 380 g/mol. The third kappa shape index (κ3) is 3.48. The van der Waals surface area contributed by atoms with Crippen molar-refractivity contribution in [2.45, 2.75) is 0 Å². The number of aromatic amines is 1. The third-order valence-corrected chi connectivity index (χ3v) is 4.71. The SMILES string of the molecule is COc1ccccc1-c1cc(=O)[nH]c(N2CCN(C(=O)c3ccco3)CC2)n1. The highest BCUT2D eigenvalue weighted by molar-refractivity contribution is 5.91. The number of rotatable bonds is 4. The van der Waals surface area contributed by atoms with Crippen LogP contribution >= 0.6 is 0 Å². The van der Waals surface area contributed by atoms with Crippen molar-refractivity contribution in [1.82, 2.24) is 14.9 Å². The van der Waals surface area contributed by atoms with E-state index in [0.29, 0.717) is 49.3 Å². The van der Waals surface area contributed by atoms with Crippen LogP contribution in [0.5, 0.6) is 5.75 Å². The van der Waals surface area contributed by atoms with Crippen LogP contribution in [0.15, 0.2) is 57.9 Å². The number of furan rings is 1. The molecule has 1 aromatic carbocycles. The Morgan fingerprint density at radius 2 is 1.93 bits per heavy atom. The van der Waals surface area contributed by atoms with Crippen LogP contribution in [0, 0.1) is 0 Å². The van der Waals surface area contributed by atoms with E-state index in [1.165, 1.54) is 12.3 Å². The molecule has 0 aliphatic carbocycles. The second-order valence-electron chi connectivity index (χ2n) is 6.41. The number of H-pyrrole nitrogens is 1. The van der Waals surface area contributed by atoms with Crippen LogP contribution in [-0.2, 0) is 0 Å². The summed E-state index contributed by atoms with van der Waals surface area (Å²) in [5, 5.41) is 0. The molecule has 1 aliphatic heterocycles. The van der Waals surface area contributed by atoms with E-state index >= 15 is 0 Å². The van der Waals surface area contributed by atoms with Crippen molar-refractivity contribution in [3.63, 3.8) is 0 Å². The Morgan fingerprint density at radius 3 is 2.64 bits per heavy atom. The number of amides is 1. The average Bonchev–Trinajstić information content (AvgIpc) is 3.28. The van der Waals surface area contributed by atoms with E-state index in [0.717, 1.165) is 5.56 Å². The number of carbonyl (C=O) groups is 1. The Kier molecular flexibility index (Phi) is 4.84. The maximum absolute atomic E-state index is 12.4. The molecule has 0 saturated carbocycles. The van der Waals surface area contributed by atoms with E-state index in [9.17, 15) is 9.59 Å². The molecule has 3 aromatic rings. The number of ether oxygens (including phenoxy) is 1. The van der Waals surface area contributed by atoms with E-state index in [1.54, 1.807) is 24.1 Å². The van der Waals surface area contributed by atoms with E-state index in [4.69, 9.17) is 9.15 Å². The normalized spacial score (nSPS) is 14.2. The summed E-state index contributed by atoms with van der Waals surface area (Å²) in [5.74, 6) is 1.34. The summed E-state index contributed by atoms with van der Waals surface area (Å²) in [5.41, 5.74) is 1.06. The molecule has 8 heteroatoms. The van der Waals surface area contributed by atoms with Crippen molar-refractivity contribution >= 4 is 11.9 Å². The molecule has 28 heavy (non-hydrogen) atoms. The van der Waals surface area contributed by atoms with Gasteiger partial charge in [-0.05, 0) is 24.3 Å². The lowest BCUT2D eigenvalue weighted by atomic mass is 10.1. The predicted octanol–water partition coefficient (Wildman–Crippen LogP) is 2.00. The molecule has 3 heterocycles. The molecule has 144 valence electrons. The number of nitrogens with zero attached hydrogens (tertiary/aromatic N) is 3. The monoisotopic (exact) mass is 380 g/mol. The molecule has 1 fully saturated rings. The molecule has 0 spiro atoms. The largest absolute Gasteiger partial charge is 0.496 e. The summed E-state index contributed by atoms with van der Waals surface area (Å²) >= 11 is 0. The topological polar surface area (TPSA) is 91.7 Å². The second kappa shape index (κ2) is 7.59. The summed E-state index contributed by atoms with van der Waals surface area (Å²) in [4.78, 5) is 35.7. The maximum atomic E-state index is 12.4. The first-order chi connectivity index (χ1) is 13.7. The van der Waals surface area contributed by atoms with Gasteiger partial charge < -0.3 is 19.0 Å². The highest BCUT2D eigenvalue weighted by Gasteiger charge is 2.25. The summed E-state index contributed by atoms with van der Waals surface area (Å²) in [7, 11) is 1.59. The lowest BCUT2D eigenvalue weighted by molar-refractivity contribution is 0.0714. The molecular weight excluding hydrogens is 360 g/mol. The lowest BCUT2D eigenvalue weighted by Gasteiger charge is -2.34. The number of hydrogen-bond acceptors (Lipinski definition) is 6. The molecular formula is C20H20N4O4. The number of nitrogens with one attached hydrogen (secondary N) is 1.